The first-order valence-electron chi connectivity index (χ1n) is 7.08. The normalized spacial score (nSPS) is 10.9. The Kier molecular flexibility index (Phi) is 3.37. The summed E-state index contributed by atoms with van der Waals surface area (Å²) in [6.45, 7) is 5.79. The predicted molar refractivity (Wildman–Crippen MR) is 86.4 cm³/mol. The number of aromatic amines is 1. The van der Waals surface area contributed by atoms with E-state index in [1.807, 2.05) is 32.9 Å². The molecule has 22 heavy (non-hydrogen) atoms. The Balaban J connectivity index is 2.15. The van der Waals surface area contributed by atoms with Crippen LogP contribution in [0.5, 0.6) is 0 Å². The maximum Gasteiger partial charge on any atom is 0.202 e. The number of ketones is 1. The van der Waals surface area contributed by atoms with Crippen molar-refractivity contribution in [3.63, 3.8) is 0 Å². The fourth-order valence-electron chi connectivity index (χ4n) is 2.41. The van der Waals surface area contributed by atoms with E-state index < -0.39 is 0 Å². The second-order valence-corrected chi connectivity index (χ2v) is 5.51. The van der Waals surface area contributed by atoms with E-state index in [4.69, 9.17) is 0 Å². The molecule has 0 bridgehead atoms. The molecule has 0 spiro atoms. The number of aromatic nitrogens is 2. The second kappa shape index (κ2) is 5.22. The van der Waals surface area contributed by atoms with Crippen LogP contribution in [0.15, 0.2) is 41.3 Å². The van der Waals surface area contributed by atoms with Gasteiger partial charge in [-0.3, -0.25) is 9.59 Å². The highest BCUT2D eigenvalue weighted by molar-refractivity contribution is 6.10. The molecular formula is C18H16N2O2. The minimum atomic E-state index is -0.288. The molecule has 1 aromatic carbocycles. The topological polar surface area (TPSA) is 62.8 Å². The van der Waals surface area contributed by atoms with Crippen LogP contribution in [0.4, 0.5) is 0 Å². The molecule has 4 heteroatoms. The average Bonchev–Trinajstić information content (AvgIpc) is 2.49. The largest absolute Gasteiger partial charge is 0.345 e. The number of carbonyl (C=O) groups excluding carboxylic acids is 1. The minimum absolute atomic E-state index is 0.140. The van der Waals surface area contributed by atoms with Gasteiger partial charge >= 0.3 is 0 Å². The summed E-state index contributed by atoms with van der Waals surface area (Å²) >= 11 is 0. The molecular weight excluding hydrogens is 276 g/mol. The Morgan fingerprint density at radius 3 is 2.55 bits per heavy atom. The first-order chi connectivity index (χ1) is 10.5. The number of aryl methyl sites for hydroxylation is 3. The van der Waals surface area contributed by atoms with E-state index in [9.17, 15) is 9.59 Å². The third-order valence-corrected chi connectivity index (χ3v) is 3.89. The van der Waals surface area contributed by atoms with Gasteiger partial charge in [0.1, 0.15) is 5.65 Å². The van der Waals surface area contributed by atoms with E-state index >= 15 is 0 Å². The second-order valence-electron chi connectivity index (χ2n) is 5.51. The molecule has 4 nitrogen and oxygen atoms in total. The molecule has 3 rings (SSSR count). The highest BCUT2D eigenvalue weighted by Crippen LogP contribution is 2.14. The van der Waals surface area contributed by atoms with Gasteiger partial charge in [0.2, 0.25) is 5.43 Å². The first kappa shape index (κ1) is 14.2. The molecule has 0 aliphatic carbocycles. The quantitative estimate of drug-likeness (QED) is 0.738. The molecule has 0 saturated carbocycles. The molecule has 3 aromatic rings. The van der Waals surface area contributed by atoms with Crippen molar-refractivity contribution < 1.29 is 4.79 Å². The number of carbonyl (C=O) groups is 1. The lowest BCUT2D eigenvalue weighted by Gasteiger charge is -2.06. The highest BCUT2D eigenvalue weighted by Gasteiger charge is 2.16. The van der Waals surface area contributed by atoms with Gasteiger partial charge in [0.25, 0.3) is 0 Å². The third-order valence-electron chi connectivity index (χ3n) is 3.89. The third kappa shape index (κ3) is 2.33. The SMILES string of the molecule is Cc1ccc2c(=O)c(C(=O)c3ccc(C)c(C)c3)c[nH]c2n1. The van der Waals surface area contributed by atoms with Gasteiger partial charge in [0.15, 0.2) is 5.78 Å². The van der Waals surface area contributed by atoms with Gasteiger partial charge in [-0.25, -0.2) is 4.98 Å². The lowest BCUT2D eigenvalue weighted by Crippen LogP contribution is -2.17. The lowest BCUT2D eigenvalue weighted by molar-refractivity contribution is 0.103. The molecule has 0 aliphatic heterocycles. The number of nitrogens with one attached hydrogen (secondary N) is 1. The van der Waals surface area contributed by atoms with Gasteiger partial charge in [-0.15, -0.1) is 0 Å². The summed E-state index contributed by atoms with van der Waals surface area (Å²) in [7, 11) is 0. The predicted octanol–water partition coefficient (Wildman–Crippen LogP) is 3.08. The summed E-state index contributed by atoms with van der Waals surface area (Å²) in [5.41, 5.74) is 3.83. The van der Waals surface area contributed by atoms with Crippen molar-refractivity contribution in [2.45, 2.75) is 20.8 Å². The minimum Gasteiger partial charge on any atom is -0.345 e. The molecule has 0 atom stereocenters. The van der Waals surface area contributed by atoms with E-state index in [1.165, 1.54) is 6.20 Å². The van der Waals surface area contributed by atoms with Gasteiger partial charge in [0.05, 0.1) is 10.9 Å². The molecule has 0 unspecified atom stereocenters. The Bertz CT molecular complexity index is 955. The van der Waals surface area contributed by atoms with E-state index in [0.717, 1.165) is 16.8 Å². The van der Waals surface area contributed by atoms with Crippen LogP contribution in [-0.4, -0.2) is 15.8 Å². The summed E-state index contributed by atoms with van der Waals surface area (Å²) in [5, 5.41) is 0.431. The Hall–Kier alpha value is -2.75. The molecule has 0 fully saturated rings. The Labute approximate surface area is 127 Å². The van der Waals surface area contributed by atoms with Crippen molar-refractivity contribution in [3.05, 3.63) is 74.7 Å². The van der Waals surface area contributed by atoms with E-state index in [0.29, 0.717) is 16.6 Å². The molecule has 2 aromatic heterocycles. The van der Waals surface area contributed by atoms with Crippen molar-refractivity contribution >= 4 is 16.8 Å². The van der Waals surface area contributed by atoms with Crippen LogP contribution in [0.25, 0.3) is 11.0 Å². The molecule has 2 heterocycles. The number of hydrogen-bond donors (Lipinski definition) is 1. The number of nitrogens with zero attached hydrogens (tertiary/aromatic N) is 1. The Morgan fingerprint density at radius 2 is 1.82 bits per heavy atom. The molecule has 0 saturated heterocycles. The molecule has 0 radical (unpaired) electrons. The number of H-pyrrole nitrogens is 1. The first-order valence-corrected chi connectivity index (χ1v) is 7.08. The van der Waals surface area contributed by atoms with Crippen LogP contribution in [-0.2, 0) is 0 Å². The van der Waals surface area contributed by atoms with Gasteiger partial charge in [0, 0.05) is 17.5 Å². The smallest absolute Gasteiger partial charge is 0.202 e. The van der Waals surface area contributed by atoms with Gasteiger partial charge < -0.3 is 4.98 Å². The van der Waals surface area contributed by atoms with Crippen molar-refractivity contribution in [3.8, 4) is 0 Å². The van der Waals surface area contributed by atoms with E-state index in [1.54, 1.807) is 18.2 Å². The standard InChI is InChI=1S/C18H16N2O2/c1-10-4-6-13(8-11(10)2)16(21)15-9-19-18-14(17(15)22)7-5-12(3)20-18/h4-9H,1-3H3,(H,19,20,22). The van der Waals surface area contributed by atoms with E-state index in [2.05, 4.69) is 9.97 Å². The van der Waals surface area contributed by atoms with Gasteiger partial charge in [-0.1, -0.05) is 12.1 Å². The Morgan fingerprint density at radius 1 is 1.05 bits per heavy atom. The van der Waals surface area contributed by atoms with Crippen molar-refractivity contribution in [1.82, 2.24) is 9.97 Å². The van der Waals surface area contributed by atoms with Crippen LogP contribution in [0, 0.1) is 20.8 Å². The highest BCUT2D eigenvalue weighted by atomic mass is 16.1. The maximum absolute atomic E-state index is 12.6. The van der Waals surface area contributed by atoms with Crippen LogP contribution in [0.1, 0.15) is 32.7 Å². The van der Waals surface area contributed by atoms with Crippen molar-refractivity contribution in [2.24, 2.45) is 0 Å². The fraction of sp³-hybridized carbons (Fsp3) is 0.167. The number of benzene rings is 1. The summed E-state index contributed by atoms with van der Waals surface area (Å²) < 4.78 is 0. The zero-order chi connectivity index (χ0) is 15.9. The maximum atomic E-state index is 12.6. The summed E-state index contributed by atoms with van der Waals surface area (Å²) in [4.78, 5) is 32.3. The number of pyridine rings is 2. The van der Waals surface area contributed by atoms with Gasteiger partial charge in [-0.2, -0.15) is 0 Å². The zero-order valence-electron chi connectivity index (χ0n) is 12.7. The summed E-state index contributed by atoms with van der Waals surface area (Å²) in [6.07, 6.45) is 1.45. The molecule has 0 amide bonds. The summed E-state index contributed by atoms with van der Waals surface area (Å²) in [5.74, 6) is -0.271. The van der Waals surface area contributed by atoms with E-state index in [-0.39, 0.29) is 16.8 Å². The monoisotopic (exact) mass is 292 g/mol. The lowest BCUT2D eigenvalue weighted by atomic mass is 9.99. The van der Waals surface area contributed by atoms with Crippen molar-refractivity contribution in [1.29, 1.82) is 0 Å². The summed E-state index contributed by atoms with van der Waals surface area (Å²) in [6, 6.07) is 8.93. The zero-order valence-corrected chi connectivity index (χ0v) is 12.7. The average molecular weight is 292 g/mol. The number of fused-ring (bicyclic) bond motifs is 1. The van der Waals surface area contributed by atoms with Crippen LogP contribution in [0.3, 0.4) is 0 Å². The number of rotatable bonds is 2. The number of hydrogen-bond acceptors (Lipinski definition) is 3. The molecule has 110 valence electrons. The van der Waals surface area contributed by atoms with Crippen molar-refractivity contribution in [2.75, 3.05) is 0 Å². The van der Waals surface area contributed by atoms with Crippen LogP contribution < -0.4 is 5.43 Å². The molecule has 1 N–H and O–H groups in total. The van der Waals surface area contributed by atoms with Crippen LogP contribution in [0.2, 0.25) is 0 Å². The fourth-order valence-corrected chi connectivity index (χ4v) is 2.41. The molecule has 0 aliphatic rings. The van der Waals surface area contributed by atoms with Crippen LogP contribution >= 0.6 is 0 Å². The van der Waals surface area contributed by atoms with Gasteiger partial charge in [-0.05, 0) is 50.1 Å².